The molecule has 0 bridgehead atoms. The number of carbonyl (C=O) groups is 1. The van der Waals surface area contributed by atoms with E-state index in [0.717, 1.165) is 35.4 Å². The molecule has 9 heteroatoms. The maximum absolute atomic E-state index is 12.0. The van der Waals surface area contributed by atoms with E-state index in [1.54, 1.807) is 0 Å². The molecule has 23 heavy (non-hydrogen) atoms. The number of nitrogens with zero attached hydrogens (tertiary/aromatic N) is 5. The zero-order valence-electron chi connectivity index (χ0n) is 13.9. The Morgan fingerprint density at radius 1 is 1.22 bits per heavy atom. The van der Waals surface area contributed by atoms with Crippen molar-refractivity contribution in [2.24, 2.45) is 5.92 Å². The number of hydrogen-bond donors (Lipinski definition) is 1. The van der Waals surface area contributed by atoms with Crippen molar-refractivity contribution in [1.29, 1.82) is 0 Å². The Labute approximate surface area is 144 Å². The molecule has 0 aliphatic rings. The van der Waals surface area contributed by atoms with Crippen LogP contribution in [0.4, 0.5) is 5.13 Å². The molecule has 0 unspecified atom stereocenters. The van der Waals surface area contributed by atoms with Gasteiger partial charge in [-0.25, -0.2) is 0 Å². The summed E-state index contributed by atoms with van der Waals surface area (Å²) in [6.45, 7) is 9.23. The van der Waals surface area contributed by atoms with E-state index in [4.69, 9.17) is 0 Å². The summed E-state index contributed by atoms with van der Waals surface area (Å²) in [5, 5.41) is 21.4. The third-order valence-electron chi connectivity index (χ3n) is 3.01. The number of rotatable bonds is 8. The SMILES string of the molecule is CCc1nnc(NC(=O)CSc2nnc(CC)n2CC(C)C)s1. The first kappa shape index (κ1) is 17.9. The van der Waals surface area contributed by atoms with Crippen LogP contribution >= 0.6 is 23.1 Å². The van der Waals surface area contributed by atoms with Gasteiger partial charge in [0.15, 0.2) is 5.16 Å². The normalized spacial score (nSPS) is 11.2. The molecule has 0 fully saturated rings. The standard InChI is InChI=1S/C14H22N6OS2/c1-5-10-16-19-14(20(10)7-9(3)4)22-8-11(21)15-13-18-17-12(6-2)23-13/h9H,5-8H2,1-4H3,(H,15,18,21). The topological polar surface area (TPSA) is 85.6 Å². The molecule has 0 aliphatic heterocycles. The highest BCUT2D eigenvalue weighted by molar-refractivity contribution is 7.99. The first-order valence-corrected chi connectivity index (χ1v) is 9.50. The minimum absolute atomic E-state index is 0.106. The maximum Gasteiger partial charge on any atom is 0.236 e. The third kappa shape index (κ3) is 5.00. The Morgan fingerprint density at radius 2 is 2.00 bits per heavy atom. The van der Waals surface area contributed by atoms with Gasteiger partial charge in [0.25, 0.3) is 0 Å². The van der Waals surface area contributed by atoms with Crippen molar-refractivity contribution >= 4 is 34.1 Å². The van der Waals surface area contributed by atoms with E-state index >= 15 is 0 Å². The van der Waals surface area contributed by atoms with Crippen LogP contribution in [0.15, 0.2) is 5.16 Å². The summed E-state index contributed by atoms with van der Waals surface area (Å²) >= 11 is 2.80. The molecule has 7 nitrogen and oxygen atoms in total. The van der Waals surface area contributed by atoms with Crippen LogP contribution in [0.3, 0.4) is 0 Å². The van der Waals surface area contributed by atoms with Crippen molar-refractivity contribution in [2.75, 3.05) is 11.1 Å². The first-order chi connectivity index (χ1) is 11.0. The van der Waals surface area contributed by atoms with E-state index in [1.807, 2.05) is 6.92 Å². The highest BCUT2D eigenvalue weighted by Crippen LogP contribution is 2.20. The first-order valence-electron chi connectivity index (χ1n) is 7.70. The number of amides is 1. The van der Waals surface area contributed by atoms with E-state index in [2.05, 4.69) is 51.0 Å². The van der Waals surface area contributed by atoms with Gasteiger partial charge in [-0.1, -0.05) is 50.8 Å². The van der Waals surface area contributed by atoms with Crippen molar-refractivity contribution in [3.05, 3.63) is 10.8 Å². The van der Waals surface area contributed by atoms with Crippen LogP contribution in [0.2, 0.25) is 0 Å². The lowest BCUT2D eigenvalue weighted by atomic mass is 10.2. The van der Waals surface area contributed by atoms with Gasteiger partial charge in [0, 0.05) is 13.0 Å². The Bertz CT molecular complexity index is 651. The summed E-state index contributed by atoms with van der Waals surface area (Å²) in [5.74, 6) is 1.63. The molecule has 2 aromatic rings. The van der Waals surface area contributed by atoms with Crippen LogP contribution in [0, 0.1) is 5.92 Å². The molecule has 0 radical (unpaired) electrons. The van der Waals surface area contributed by atoms with Gasteiger partial charge in [-0.3, -0.25) is 10.1 Å². The maximum atomic E-state index is 12.0. The quantitative estimate of drug-likeness (QED) is 0.734. The van der Waals surface area contributed by atoms with Crippen LogP contribution in [-0.4, -0.2) is 36.6 Å². The molecule has 0 aromatic carbocycles. The minimum atomic E-state index is -0.106. The van der Waals surface area contributed by atoms with E-state index < -0.39 is 0 Å². The molecule has 2 aromatic heterocycles. The number of aryl methyl sites for hydroxylation is 2. The molecule has 2 heterocycles. The average Bonchev–Trinajstić information content (AvgIpc) is 3.11. The summed E-state index contributed by atoms with van der Waals surface area (Å²) in [5.41, 5.74) is 0. The van der Waals surface area contributed by atoms with Gasteiger partial charge >= 0.3 is 0 Å². The smallest absolute Gasteiger partial charge is 0.236 e. The van der Waals surface area contributed by atoms with E-state index in [1.165, 1.54) is 23.1 Å². The molecule has 126 valence electrons. The lowest BCUT2D eigenvalue weighted by molar-refractivity contribution is -0.113. The summed E-state index contributed by atoms with van der Waals surface area (Å²) in [6, 6.07) is 0. The van der Waals surface area contributed by atoms with E-state index in [0.29, 0.717) is 11.0 Å². The summed E-state index contributed by atoms with van der Waals surface area (Å²) in [6.07, 6.45) is 1.65. The molecular weight excluding hydrogens is 332 g/mol. The van der Waals surface area contributed by atoms with E-state index in [9.17, 15) is 4.79 Å². The van der Waals surface area contributed by atoms with Crippen molar-refractivity contribution in [3.8, 4) is 0 Å². The molecule has 2 rings (SSSR count). The fourth-order valence-corrected chi connectivity index (χ4v) is 3.43. The van der Waals surface area contributed by atoms with Crippen molar-refractivity contribution in [3.63, 3.8) is 0 Å². The van der Waals surface area contributed by atoms with Crippen molar-refractivity contribution < 1.29 is 4.79 Å². The van der Waals surface area contributed by atoms with Gasteiger partial charge in [0.1, 0.15) is 10.8 Å². The molecule has 1 amide bonds. The summed E-state index contributed by atoms with van der Waals surface area (Å²) < 4.78 is 2.10. The lowest BCUT2D eigenvalue weighted by Crippen LogP contribution is -2.15. The number of carbonyl (C=O) groups excluding carboxylic acids is 1. The molecular formula is C14H22N6OS2. The van der Waals surface area contributed by atoms with Crippen molar-refractivity contribution in [2.45, 2.75) is 52.2 Å². The number of aromatic nitrogens is 5. The summed E-state index contributed by atoms with van der Waals surface area (Å²) in [4.78, 5) is 12.0. The number of anilines is 1. The number of hydrogen-bond acceptors (Lipinski definition) is 7. The number of thioether (sulfide) groups is 1. The zero-order valence-corrected chi connectivity index (χ0v) is 15.5. The highest BCUT2D eigenvalue weighted by atomic mass is 32.2. The Morgan fingerprint density at radius 3 is 2.61 bits per heavy atom. The monoisotopic (exact) mass is 354 g/mol. The second-order valence-corrected chi connectivity index (χ2v) is 7.45. The minimum Gasteiger partial charge on any atom is -0.306 e. The second-order valence-electron chi connectivity index (χ2n) is 5.45. The average molecular weight is 355 g/mol. The Balaban J connectivity index is 1.94. The molecule has 0 aliphatic carbocycles. The van der Waals surface area contributed by atoms with Crippen LogP contribution in [0.1, 0.15) is 38.5 Å². The third-order valence-corrected chi connectivity index (χ3v) is 4.96. The van der Waals surface area contributed by atoms with Crippen LogP contribution in [0.5, 0.6) is 0 Å². The zero-order chi connectivity index (χ0) is 16.8. The Hall–Kier alpha value is -1.48. The fraction of sp³-hybridized carbons (Fsp3) is 0.643. The fourth-order valence-electron chi connectivity index (χ4n) is 1.97. The lowest BCUT2D eigenvalue weighted by Gasteiger charge is -2.11. The second kappa shape index (κ2) is 8.39. The predicted octanol–water partition coefficient (Wildman–Crippen LogP) is 2.64. The van der Waals surface area contributed by atoms with Crippen LogP contribution < -0.4 is 5.32 Å². The van der Waals surface area contributed by atoms with Crippen LogP contribution in [0.25, 0.3) is 0 Å². The highest BCUT2D eigenvalue weighted by Gasteiger charge is 2.15. The number of nitrogens with one attached hydrogen (secondary N) is 1. The molecule has 1 N–H and O–H groups in total. The Kier molecular flexibility index (Phi) is 6.52. The van der Waals surface area contributed by atoms with Gasteiger partial charge < -0.3 is 4.57 Å². The van der Waals surface area contributed by atoms with E-state index in [-0.39, 0.29) is 11.7 Å². The molecule has 0 spiro atoms. The van der Waals surface area contributed by atoms with Crippen molar-refractivity contribution in [1.82, 2.24) is 25.0 Å². The van der Waals surface area contributed by atoms with Gasteiger partial charge in [-0.05, 0) is 12.3 Å². The van der Waals surface area contributed by atoms with Gasteiger partial charge in [-0.2, -0.15) is 0 Å². The molecule has 0 atom stereocenters. The molecule has 0 saturated carbocycles. The summed E-state index contributed by atoms with van der Waals surface area (Å²) in [7, 11) is 0. The predicted molar refractivity (Wildman–Crippen MR) is 92.9 cm³/mol. The molecule has 0 saturated heterocycles. The van der Waals surface area contributed by atoms with Gasteiger partial charge in [0.2, 0.25) is 11.0 Å². The van der Waals surface area contributed by atoms with Gasteiger partial charge in [0.05, 0.1) is 5.75 Å². The largest absolute Gasteiger partial charge is 0.306 e. The van der Waals surface area contributed by atoms with Crippen LogP contribution in [-0.2, 0) is 24.2 Å². The van der Waals surface area contributed by atoms with Gasteiger partial charge in [-0.15, -0.1) is 20.4 Å².